The Morgan fingerprint density at radius 2 is 1.63 bits per heavy atom. The molecule has 0 heterocycles. The molecular formula is C15H15N3S. The highest BCUT2D eigenvalue weighted by atomic mass is 32.1. The number of nitrogens with zero attached hydrogens (tertiary/aromatic N) is 1. The highest BCUT2D eigenvalue weighted by molar-refractivity contribution is 7.80. The Morgan fingerprint density at radius 3 is 2.32 bits per heavy atom. The van der Waals surface area contributed by atoms with Gasteiger partial charge in [0.15, 0.2) is 5.11 Å². The van der Waals surface area contributed by atoms with Gasteiger partial charge in [-0.15, -0.1) is 0 Å². The van der Waals surface area contributed by atoms with Crippen molar-refractivity contribution in [3.8, 4) is 0 Å². The number of para-hydroxylation sites is 1. The van der Waals surface area contributed by atoms with E-state index in [2.05, 4.69) is 28.0 Å². The minimum atomic E-state index is 0.482. The van der Waals surface area contributed by atoms with Gasteiger partial charge in [0.2, 0.25) is 0 Å². The van der Waals surface area contributed by atoms with Crippen LogP contribution in [0.25, 0.3) is 0 Å². The maximum absolute atomic E-state index is 5.13. The van der Waals surface area contributed by atoms with Crippen LogP contribution in [0.2, 0.25) is 0 Å². The molecule has 0 aromatic heterocycles. The zero-order valence-corrected chi connectivity index (χ0v) is 11.2. The maximum atomic E-state index is 5.13. The predicted octanol–water partition coefficient (Wildman–Crippen LogP) is 3.20. The molecule has 0 spiro atoms. The molecule has 19 heavy (non-hydrogen) atoms. The summed E-state index contributed by atoms with van der Waals surface area (Å²) in [6.45, 7) is 0. The summed E-state index contributed by atoms with van der Waals surface area (Å²) in [7, 11) is 0. The summed E-state index contributed by atoms with van der Waals surface area (Å²) in [5.41, 5.74) is 4.95. The molecule has 4 heteroatoms. The Bertz CT molecular complexity index is 538. The lowest BCUT2D eigenvalue weighted by Crippen LogP contribution is -2.23. The molecule has 0 amide bonds. The number of hydrazone groups is 1. The first-order chi connectivity index (χ1) is 9.34. The monoisotopic (exact) mass is 269 g/mol. The lowest BCUT2D eigenvalue weighted by Gasteiger charge is -2.06. The average Bonchev–Trinajstić information content (AvgIpc) is 2.46. The van der Waals surface area contributed by atoms with Crippen molar-refractivity contribution < 1.29 is 0 Å². The van der Waals surface area contributed by atoms with Gasteiger partial charge >= 0.3 is 0 Å². The normalized spacial score (nSPS) is 10.3. The fourth-order valence-electron chi connectivity index (χ4n) is 1.55. The topological polar surface area (TPSA) is 36.4 Å². The zero-order chi connectivity index (χ0) is 13.3. The van der Waals surface area contributed by atoms with E-state index in [1.54, 1.807) is 6.21 Å². The third-order valence-electron chi connectivity index (χ3n) is 2.46. The van der Waals surface area contributed by atoms with Crippen LogP contribution in [0.4, 0.5) is 5.69 Å². The smallest absolute Gasteiger partial charge is 0.191 e. The molecule has 96 valence electrons. The molecule has 2 rings (SSSR count). The summed E-state index contributed by atoms with van der Waals surface area (Å²) in [5.74, 6) is 0. The second-order valence-corrected chi connectivity index (χ2v) is 4.34. The Hall–Kier alpha value is -2.20. The molecule has 2 N–H and O–H groups in total. The average molecular weight is 269 g/mol. The van der Waals surface area contributed by atoms with Crippen molar-refractivity contribution in [1.29, 1.82) is 0 Å². The maximum Gasteiger partial charge on any atom is 0.191 e. The Morgan fingerprint density at radius 1 is 1.00 bits per heavy atom. The fraction of sp³-hybridized carbons (Fsp3) is 0.0667. The van der Waals surface area contributed by atoms with Crippen LogP contribution in [-0.2, 0) is 6.42 Å². The molecule has 2 aromatic rings. The van der Waals surface area contributed by atoms with E-state index >= 15 is 0 Å². The summed E-state index contributed by atoms with van der Waals surface area (Å²) in [6, 6.07) is 19.9. The molecule has 3 nitrogen and oxygen atoms in total. The molecule has 0 aliphatic rings. The number of anilines is 1. The minimum absolute atomic E-state index is 0.482. The summed E-state index contributed by atoms with van der Waals surface area (Å²) in [6.07, 6.45) is 2.58. The van der Waals surface area contributed by atoms with Crippen LogP contribution < -0.4 is 10.7 Å². The standard InChI is InChI=1S/C15H15N3S/c19-15(17-14-9-5-2-6-10-14)18-16-12-11-13-7-3-1-4-8-13/h1-10,12H,11H2,(H2,17,18,19)/b16-12-. The fourth-order valence-corrected chi connectivity index (χ4v) is 1.72. The van der Waals surface area contributed by atoms with E-state index in [1.165, 1.54) is 5.56 Å². The lowest BCUT2D eigenvalue weighted by molar-refractivity contribution is 1.04. The molecule has 0 radical (unpaired) electrons. The summed E-state index contributed by atoms with van der Waals surface area (Å²) in [4.78, 5) is 0. The van der Waals surface area contributed by atoms with E-state index in [-0.39, 0.29) is 0 Å². The van der Waals surface area contributed by atoms with Gasteiger partial charge in [0.25, 0.3) is 0 Å². The largest absolute Gasteiger partial charge is 0.331 e. The molecule has 0 fully saturated rings. The van der Waals surface area contributed by atoms with Crippen LogP contribution in [0, 0.1) is 0 Å². The van der Waals surface area contributed by atoms with Gasteiger partial charge in [0, 0.05) is 18.3 Å². The molecule has 0 aliphatic carbocycles. The Kier molecular flexibility index (Phi) is 5.07. The SMILES string of the molecule is S=C(N/N=C\Cc1ccccc1)Nc1ccccc1. The van der Waals surface area contributed by atoms with Crippen LogP contribution in [-0.4, -0.2) is 11.3 Å². The minimum Gasteiger partial charge on any atom is -0.331 e. The second-order valence-electron chi connectivity index (χ2n) is 3.93. The van der Waals surface area contributed by atoms with Gasteiger partial charge in [-0.2, -0.15) is 5.10 Å². The van der Waals surface area contributed by atoms with E-state index in [9.17, 15) is 0 Å². The first-order valence-corrected chi connectivity index (χ1v) is 6.43. The van der Waals surface area contributed by atoms with E-state index in [0.717, 1.165) is 12.1 Å². The highest BCUT2D eigenvalue weighted by Gasteiger charge is 1.93. The van der Waals surface area contributed by atoms with E-state index in [0.29, 0.717) is 5.11 Å². The van der Waals surface area contributed by atoms with Crippen molar-refractivity contribution >= 4 is 29.2 Å². The van der Waals surface area contributed by atoms with Crippen molar-refractivity contribution in [1.82, 2.24) is 5.43 Å². The van der Waals surface area contributed by atoms with Crippen molar-refractivity contribution in [2.45, 2.75) is 6.42 Å². The van der Waals surface area contributed by atoms with Crippen LogP contribution in [0.1, 0.15) is 5.56 Å². The lowest BCUT2D eigenvalue weighted by atomic mass is 10.2. The molecule has 0 bridgehead atoms. The van der Waals surface area contributed by atoms with Crippen molar-refractivity contribution in [2.75, 3.05) is 5.32 Å². The van der Waals surface area contributed by atoms with Gasteiger partial charge < -0.3 is 5.32 Å². The van der Waals surface area contributed by atoms with E-state index in [4.69, 9.17) is 12.2 Å². The number of benzene rings is 2. The molecule has 0 saturated carbocycles. The summed E-state index contributed by atoms with van der Waals surface area (Å²) < 4.78 is 0. The molecular weight excluding hydrogens is 254 g/mol. The quantitative estimate of drug-likeness (QED) is 0.508. The third kappa shape index (κ3) is 4.89. The molecule has 0 aliphatic heterocycles. The first kappa shape index (κ1) is 13.2. The zero-order valence-electron chi connectivity index (χ0n) is 10.4. The number of nitrogens with one attached hydrogen (secondary N) is 2. The van der Waals surface area contributed by atoms with Crippen LogP contribution in [0.5, 0.6) is 0 Å². The first-order valence-electron chi connectivity index (χ1n) is 6.02. The predicted molar refractivity (Wildman–Crippen MR) is 84.4 cm³/mol. The van der Waals surface area contributed by atoms with Crippen LogP contribution >= 0.6 is 12.2 Å². The van der Waals surface area contributed by atoms with Gasteiger partial charge in [0.1, 0.15) is 0 Å². The molecule has 2 aromatic carbocycles. The third-order valence-corrected chi connectivity index (χ3v) is 2.65. The van der Waals surface area contributed by atoms with Crippen LogP contribution in [0.3, 0.4) is 0 Å². The van der Waals surface area contributed by atoms with Gasteiger partial charge in [0.05, 0.1) is 0 Å². The van der Waals surface area contributed by atoms with Gasteiger partial charge in [-0.25, -0.2) is 0 Å². The van der Waals surface area contributed by atoms with Gasteiger partial charge in [-0.3, -0.25) is 5.43 Å². The van der Waals surface area contributed by atoms with Gasteiger partial charge in [-0.05, 0) is 29.9 Å². The summed E-state index contributed by atoms with van der Waals surface area (Å²) in [5, 5.41) is 7.61. The number of rotatable bonds is 4. The highest BCUT2D eigenvalue weighted by Crippen LogP contribution is 2.04. The van der Waals surface area contributed by atoms with Crippen LogP contribution in [0.15, 0.2) is 65.8 Å². The van der Waals surface area contributed by atoms with E-state index in [1.807, 2.05) is 48.5 Å². The Labute approximate surface area is 118 Å². The Balaban J connectivity index is 1.75. The van der Waals surface area contributed by atoms with Crippen molar-refractivity contribution in [2.24, 2.45) is 5.10 Å². The molecule has 0 unspecified atom stereocenters. The molecule has 0 atom stereocenters. The number of hydrogen-bond acceptors (Lipinski definition) is 2. The second kappa shape index (κ2) is 7.28. The number of thiocarbonyl (C=S) groups is 1. The molecule has 0 saturated heterocycles. The van der Waals surface area contributed by atoms with Crippen molar-refractivity contribution in [3.63, 3.8) is 0 Å². The van der Waals surface area contributed by atoms with E-state index < -0.39 is 0 Å². The summed E-state index contributed by atoms with van der Waals surface area (Å²) >= 11 is 5.13. The van der Waals surface area contributed by atoms with Gasteiger partial charge in [-0.1, -0.05) is 48.5 Å². The van der Waals surface area contributed by atoms with Crippen molar-refractivity contribution in [3.05, 3.63) is 66.2 Å². The number of hydrogen-bond donors (Lipinski definition) is 2.